The Labute approximate surface area is 334 Å². The van der Waals surface area contributed by atoms with Gasteiger partial charge in [0.2, 0.25) is 11.6 Å². The molecule has 0 aliphatic carbocycles. The Morgan fingerprint density at radius 2 is 1.25 bits per heavy atom. The van der Waals surface area contributed by atoms with Gasteiger partial charge in [-0.1, -0.05) is 0 Å². The zero-order valence-corrected chi connectivity index (χ0v) is 31.0. The minimum Gasteiger partial charge on any atom is -0.507 e. The summed E-state index contributed by atoms with van der Waals surface area (Å²) in [5.41, 5.74) is -9.58. The first-order chi connectivity index (χ1) is 27.4. The van der Waals surface area contributed by atoms with Gasteiger partial charge in [0.15, 0.2) is 29.7 Å². The number of urea groups is 1. The Hall–Kier alpha value is -4.51. The number of aliphatic hydroxyl groups excluding tert-OH is 2. The smallest absolute Gasteiger partial charge is 0.423 e. The minimum absolute atomic E-state index is 0.00941. The zero-order valence-electron chi connectivity index (χ0n) is 31.0. The van der Waals surface area contributed by atoms with Crippen molar-refractivity contribution in [3.63, 3.8) is 0 Å². The number of carbonyl (C=O) groups is 1. The summed E-state index contributed by atoms with van der Waals surface area (Å²) in [4.78, 5) is 12.0. The number of epoxide rings is 1. The number of ether oxygens (including phenoxy) is 1. The van der Waals surface area contributed by atoms with Crippen LogP contribution < -0.4 is 0 Å². The van der Waals surface area contributed by atoms with Gasteiger partial charge in [-0.15, -0.1) is 0 Å². The van der Waals surface area contributed by atoms with Crippen LogP contribution in [0.1, 0.15) is 60.2 Å². The molecule has 7 atom stereocenters. The normalized spacial score (nSPS) is 28.8. The predicted molar refractivity (Wildman–Crippen MR) is 173 cm³/mol. The van der Waals surface area contributed by atoms with E-state index in [0.717, 1.165) is 0 Å². The van der Waals surface area contributed by atoms with Crippen LogP contribution in [-0.2, 0) is 10.9 Å². The largest absolute Gasteiger partial charge is 0.507 e. The number of nitrogens with zero attached hydrogens (tertiary/aromatic N) is 4. The van der Waals surface area contributed by atoms with Crippen molar-refractivity contribution in [3.05, 3.63) is 33.6 Å². The number of hydrogen-bond donors (Lipinski definition) is 18. The highest BCUT2D eigenvalue weighted by Crippen LogP contribution is 2.59. The van der Waals surface area contributed by atoms with Crippen LogP contribution in [0.2, 0.25) is 0 Å². The Bertz CT molecular complexity index is 2070. The first kappa shape index (κ1) is 47.5. The molecule has 5 rings (SSSR count). The molecule has 0 spiro atoms. The van der Waals surface area contributed by atoms with E-state index < -0.39 is 169 Å². The second kappa shape index (κ2) is 14.3. The van der Waals surface area contributed by atoms with Crippen LogP contribution in [0.15, 0.2) is 0 Å². The SMILES string of the molecule is Cc1c(O)c(F)c(O)c(O)c1C1N(C(=O)N(C)C(C)c2c(O)c(C(F)F)c(O)c(C(F)(F)F)c2O)C(O)(O)C(O)(O)C(N2C(O)(O)C(O)N(C3OC3C)C(O)C2(O)O)C1(O)O. The van der Waals surface area contributed by atoms with Crippen LogP contribution in [0.25, 0.3) is 0 Å². The first-order valence-electron chi connectivity index (χ1n) is 16.9. The van der Waals surface area contributed by atoms with Crippen molar-refractivity contribution in [2.75, 3.05) is 7.05 Å². The predicted octanol–water partition coefficient (Wildman–Crippen LogP) is -3.86. The number of benzene rings is 2. The molecule has 24 nitrogen and oxygen atoms in total. The van der Waals surface area contributed by atoms with Gasteiger partial charge >= 0.3 is 18.1 Å². The Morgan fingerprint density at radius 3 is 1.67 bits per heavy atom. The van der Waals surface area contributed by atoms with Crippen molar-refractivity contribution in [1.29, 1.82) is 0 Å². The quantitative estimate of drug-likeness (QED) is 0.0434. The molecule has 2 amide bonds. The van der Waals surface area contributed by atoms with Gasteiger partial charge in [-0.2, -0.15) is 22.5 Å². The van der Waals surface area contributed by atoms with Crippen LogP contribution in [0, 0.1) is 12.7 Å². The summed E-state index contributed by atoms with van der Waals surface area (Å²) in [6.45, 7) is 2.22. The van der Waals surface area contributed by atoms with E-state index in [1.807, 2.05) is 0 Å². The molecular formula is C31H38F6N4O20. The lowest BCUT2D eigenvalue weighted by Crippen LogP contribution is -2.92. The highest BCUT2D eigenvalue weighted by molar-refractivity contribution is 5.78. The van der Waals surface area contributed by atoms with Crippen molar-refractivity contribution in [1.82, 2.24) is 19.6 Å². The van der Waals surface area contributed by atoms with E-state index in [0.29, 0.717) is 20.9 Å². The number of phenolic OH excluding ortho intramolecular Hbond substituents is 6. The summed E-state index contributed by atoms with van der Waals surface area (Å²) in [6.07, 6.45) is -19.1. The number of phenols is 6. The number of hydrogen-bond acceptors (Lipinski definition) is 22. The number of halogens is 6. The maximum Gasteiger partial charge on any atom is 0.423 e. The number of piperidine rings is 1. The van der Waals surface area contributed by atoms with Gasteiger partial charge in [-0.05, 0) is 20.8 Å². The molecule has 0 bridgehead atoms. The van der Waals surface area contributed by atoms with Crippen LogP contribution in [-0.4, -0.2) is 185 Å². The third-order valence-corrected chi connectivity index (χ3v) is 10.9. The zero-order chi connectivity index (χ0) is 47.1. The molecule has 3 aliphatic heterocycles. The number of alkyl halides is 5. The van der Waals surface area contributed by atoms with Crippen LogP contribution >= 0.6 is 0 Å². The number of likely N-dealkylation sites (tertiary alicyclic amines) is 1. The molecular weight excluding hydrogens is 862 g/mol. The van der Waals surface area contributed by atoms with Gasteiger partial charge in [0.25, 0.3) is 24.0 Å². The summed E-state index contributed by atoms with van der Waals surface area (Å²) in [7, 11) is 0.332. The molecule has 0 aromatic heterocycles. The van der Waals surface area contributed by atoms with Gasteiger partial charge in [-0.25, -0.2) is 18.5 Å². The van der Waals surface area contributed by atoms with Crippen LogP contribution in [0.5, 0.6) is 34.5 Å². The van der Waals surface area contributed by atoms with Gasteiger partial charge in [0.1, 0.15) is 46.7 Å². The number of aromatic hydroxyl groups is 6. The maximum atomic E-state index is 14.8. The van der Waals surface area contributed by atoms with Gasteiger partial charge < -0.3 is 102 Å². The van der Waals surface area contributed by atoms with E-state index in [1.54, 1.807) is 0 Å². The summed E-state index contributed by atoms with van der Waals surface area (Å²) in [6, 6.07) is -13.0. The summed E-state index contributed by atoms with van der Waals surface area (Å²) < 4.78 is 89.6. The average molecular weight is 901 g/mol. The third-order valence-electron chi connectivity index (χ3n) is 10.9. The standard InChI is InChI=1S/C31H38F6N4O20/c1-5-8(17(46)18(47)12(32)13(5)42)19-26(51,52)22(41-29(55,56)23(48)39(21-7(3)61-21)24(49)30(41,57)58)27(53,54)31(59,60)40(19)25(50)38(4)6(2)9-14(43)10(20(33)34)16(45)11(15(9)44)28(35,36)37/h6-7,19-24,42-49,51-60H,1-4H3. The first-order valence-corrected chi connectivity index (χ1v) is 16.9. The molecule has 344 valence electrons. The average Bonchev–Trinajstić information content (AvgIpc) is 3.83. The van der Waals surface area contributed by atoms with Crippen molar-refractivity contribution in [2.24, 2.45) is 0 Å². The van der Waals surface area contributed by atoms with Crippen molar-refractivity contribution < 1.29 is 128 Å². The molecule has 0 radical (unpaired) electrons. The molecule has 30 heteroatoms. The number of aliphatic hydroxyl groups is 12. The number of piperazine rings is 1. The highest BCUT2D eigenvalue weighted by Gasteiger charge is 2.81. The molecule has 18 N–H and O–H groups in total. The Balaban J connectivity index is 1.82. The topological polar surface area (TPSA) is 407 Å². The number of rotatable bonds is 6. The third kappa shape index (κ3) is 6.48. The van der Waals surface area contributed by atoms with Crippen molar-refractivity contribution >= 4 is 6.03 Å². The fourth-order valence-electron chi connectivity index (χ4n) is 7.60. The fourth-order valence-corrected chi connectivity index (χ4v) is 7.60. The molecule has 3 saturated heterocycles. The van der Waals surface area contributed by atoms with Gasteiger partial charge in [0, 0.05) is 18.2 Å². The molecule has 3 fully saturated rings. The lowest BCUT2D eigenvalue weighted by Gasteiger charge is -2.65. The second-order valence-corrected chi connectivity index (χ2v) is 14.5. The second-order valence-electron chi connectivity index (χ2n) is 14.5. The van der Waals surface area contributed by atoms with Crippen LogP contribution in [0.3, 0.4) is 0 Å². The minimum atomic E-state index is -5.91. The Morgan fingerprint density at radius 1 is 0.787 bits per heavy atom. The van der Waals surface area contributed by atoms with E-state index in [4.69, 9.17) is 4.74 Å². The summed E-state index contributed by atoms with van der Waals surface area (Å²) >= 11 is 0. The van der Waals surface area contributed by atoms with Crippen LogP contribution in [0.4, 0.5) is 31.1 Å². The highest BCUT2D eigenvalue weighted by atomic mass is 19.4. The van der Waals surface area contributed by atoms with E-state index in [2.05, 4.69) is 0 Å². The molecule has 2 aromatic rings. The van der Waals surface area contributed by atoms with Gasteiger partial charge in [0.05, 0.1) is 17.7 Å². The van der Waals surface area contributed by atoms with E-state index >= 15 is 0 Å². The van der Waals surface area contributed by atoms with Crippen molar-refractivity contribution in [2.45, 2.75) is 106 Å². The Kier molecular flexibility index (Phi) is 11.1. The number of amides is 2. The maximum absolute atomic E-state index is 14.8. The molecule has 3 aliphatic rings. The summed E-state index contributed by atoms with van der Waals surface area (Å²) in [5, 5.41) is 199. The van der Waals surface area contributed by atoms with Gasteiger partial charge in [-0.3, -0.25) is 4.90 Å². The molecule has 2 aromatic carbocycles. The lowest BCUT2D eigenvalue weighted by atomic mass is 9.76. The number of carbonyl (C=O) groups excluding carboxylic acids is 1. The lowest BCUT2D eigenvalue weighted by molar-refractivity contribution is -0.553. The fraction of sp³-hybridized carbons (Fsp3) is 0.581. The van der Waals surface area contributed by atoms with E-state index in [-0.39, 0.29) is 9.80 Å². The van der Waals surface area contributed by atoms with Crippen molar-refractivity contribution in [3.8, 4) is 34.5 Å². The monoisotopic (exact) mass is 900 g/mol. The van der Waals surface area contributed by atoms with E-state index in [9.17, 15) is 123 Å². The molecule has 0 saturated carbocycles. The summed E-state index contributed by atoms with van der Waals surface area (Å²) in [5.74, 6) is -39.5. The molecule has 7 unspecified atom stereocenters. The molecule has 61 heavy (non-hydrogen) atoms. The van der Waals surface area contributed by atoms with E-state index in [1.165, 1.54) is 6.92 Å². The molecule has 3 heterocycles.